The zero-order valence-electron chi connectivity index (χ0n) is 17.7. The molecular weight excluding hydrogens is 356 g/mol. The molecule has 1 aliphatic heterocycles. The molecule has 1 heterocycles. The van der Waals surface area contributed by atoms with Crippen molar-refractivity contribution in [2.24, 2.45) is 4.99 Å². The predicted octanol–water partition coefficient (Wildman–Crippen LogP) is 2.03. The monoisotopic (exact) mass is 390 g/mol. The maximum absolute atomic E-state index is 12.7. The molecule has 1 aromatic rings. The molecule has 0 bridgehead atoms. The Balaban J connectivity index is 1.98. The third-order valence-electron chi connectivity index (χ3n) is 4.47. The molecule has 0 aliphatic carbocycles. The van der Waals surface area contributed by atoms with Crippen LogP contribution in [0.2, 0.25) is 0 Å². The Morgan fingerprint density at radius 1 is 1.29 bits per heavy atom. The highest BCUT2D eigenvalue weighted by atomic mass is 16.5. The average molecular weight is 391 g/mol. The van der Waals surface area contributed by atoms with E-state index in [4.69, 9.17) is 9.47 Å². The van der Waals surface area contributed by atoms with Crippen LogP contribution in [0.15, 0.2) is 29.3 Å². The fourth-order valence-corrected chi connectivity index (χ4v) is 3.29. The van der Waals surface area contributed by atoms with Crippen molar-refractivity contribution in [3.63, 3.8) is 0 Å². The molecule has 1 fully saturated rings. The van der Waals surface area contributed by atoms with Gasteiger partial charge in [-0.1, -0.05) is 12.1 Å². The van der Waals surface area contributed by atoms with E-state index < -0.39 is 0 Å². The predicted molar refractivity (Wildman–Crippen MR) is 112 cm³/mol. The zero-order valence-corrected chi connectivity index (χ0v) is 17.7. The Bertz CT molecular complexity index is 638. The number of carbonyl (C=O) groups excluding carboxylic acids is 1. The van der Waals surface area contributed by atoms with E-state index in [9.17, 15) is 4.79 Å². The van der Waals surface area contributed by atoms with Crippen LogP contribution in [0.25, 0.3) is 0 Å². The number of nitrogens with one attached hydrogen (secondary N) is 2. The van der Waals surface area contributed by atoms with Gasteiger partial charge in [-0.15, -0.1) is 0 Å². The first-order chi connectivity index (χ1) is 13.4. The highest BCUT2D eigenvalue weighted by molar-refractivity contribution is 5.94. The molecule has 2 rings (SSSR count). The highest BCUT2D eigenvalue weighted by Crippen LogP contribution is 2.15. The summed E-state index contributed by atoms with van der Waals surface area (Å²) in [6.45, 7) is 11.3. The van der Waals surface area contributed by atoms with Crippen LogP contribution in [-0.2, 0) is 16.0 Å². The van der Waals surface area contributed by atoms with E-state index in [0.29, 0.717) is 31.8 Å². The Morgan fingerprint density at radius 3 is 2.50 bits per heavy atom. The number of aliphatic imine (C=N–C) groups is 1. The van der Waals surface area contributed by atoms with Gasteiger partial charge in [-0.2, -0.15) is 0 Å². The molecule has 7 heteroatoms. The number of ether oxygens (including phenoxy) is 2. The first kappa shape index (κ1) is 22.2. The molecule has 1 aliphatic rings. The van der Waals surface area contributed by atoms with Gasteiger partial charge in [0.1, 0.15) is 0 Å². The van der Waals surface area contributed by atoms with Crippen molar-refractivity contribution in [1.29, 1.82) is 0 Å². The molecule has 0 radical (unpaired) electrons. The summed E-state index contributed by atoms with van der Waals surface area (Å²) in [4.78, 5) is 19.2. The summed E-state index contributed by atoms with van der Waals surface area (Å²) in [6, 6.07) is 7.86. The molecule has 28 heavy (non-hydrogen) atoms. The van der Waals surface area contributed by atoms with Gasteiger partial charge in [0.15, 0.2) is 5.96 Å². The maximum atomic E-state index is 12.7. The van der Waals surface area contributed by atoms with E-state index in [1.54, 1.807) is 7.11 Å². The minimum absolute atomic E-state index is 0.0560. The van der Waals surface area contributed by atoms with Gasteiger partial charge in [-0.05, 0) is 45.4 Å². The van der Waals surface area contributed by atoms with Crippen LogP contribution >= 0.6 is 0 Å². The Labute approximate surface area is 168 Å². The number of nitrogens with zero attached hydrogens (tertiary/aromatic N) is 2. The second-order valence-electron chi connectivity index (χ2n) is 7.36. The third-order valence-corrected chi connectivity index (χ3v) is 4.47. The lowest BCUT2D eigenvalue weighted by atomic mass is 10.1. The first-order valence-corrected chi connectivity index (χ1v) is 10.00. The number of hydrogen-bond acceptors (Lipinski definition) is 4. The molecule has 1 amide bonds. The molecule has 1 saturated heterocycles. The van der Waals surface area contributed by atoms with E-state index in [2.05, 4.69) is 15.6 Å². The molecule has 2 N–H and O–H groups in total. The smallest absolute Gasteiger partial charge is 0.254 e. The van der Waals surface area contributed by atoms with Crippen molar-refractivity contribution in [2.45, 2.75) is 52.5 Å². The number of guanidine groups is 1. The number of carbonyl (C=O) groups is 1. The summed E-state index contributed by atoms with van der Waals surface area (Å²) >= 11 is 0. The molecule has 1 aromatic carbocycles. The van der Waals surface area contributed by atoms with E-state index in [0.717, 1.165) is 18.1 Å². The fraction of sp³-hybridized carbons (Fsp3) is 0.619. The van der Waals surface area contributed by atoms with Gasteiger partial charge in [0, 0.05) is 38.3 Å². The van der Waals surface area contributed by atoms with Gasteiger partial charge in [-0.25, -0.2) is 4.99 Å². The Kier molecular flexibility index (Phi) is 8.73. The van der Waals surface area contributed by atoms with Crippen molar-refractivity contribution >= 4 is 11.9 Å². The SMILES string of the molecule is CCNC(=NCc1ccc(C(=O)N2CC(C)OC(C)C2)cc1)NC(C)COC. The quantitative estimate of drug-likeness (QED) is 0.550. The molecule has 156 valence electrons. The van der Waals surface area contributed by atoms with Gasteiger partial charge >= 0.3 is 0 Å². The second-order valence-corrected chi connectivity index (χ2v) is 7.36. The molecule has 3 atom stereocenters. The van der Waals surface area contributed by atoms with E-state index >= 15 is 0 Å². The summed E-state index contributed by atoms with van der Waals surface area (Å²) in [5, 5.41) is 6.54. The summed E-state index contributed by atoms with van der Waals surface area (Å²) in [5.41, 5.74) is 1.75. The summed E-state index contributed by atoms with van der Waals surface area (Å²) in [6.07, 6.45) is 0.137. The summed E-state index contributed by atoms with van der Waals surface area (Å²) in [7, 11) is 1.68. The van der Waals surface area contributed by atoms with Crippen molar-refractivity contribution in [2.75, 3.05) is 33.4 Å². The minimum Gasteiger partial charge on any atom is -0.383 e. The molecule has 0 aromatic heterocycles. The lowest BCUT2D eigenvalue weighted by molar-refractivity contribution is -0.0586. The van der Waals surface area contributed by atoms with Gasteiger partial charge in [0.25, 0.3) is 5.91 Å². The van der Waals surface area contributed by atoms with E-state index in [-0.39, 0.29) is 24.2 Å². The van der Waals surface area contributed by atoms with Gasteiger partial charge < -0.3 is 25.0 Å². The zero-order chi connectivity index (χ0) is 20.5. The van der Waals surface area contributed by atoms with Gasteiger partial charge in [0.05, 0.1) is 25.4 Å². The van der Waals surface area contributed by atoms with Crippen molar-refractivity contribution in [1.82, 2.24) is 15.5 Å². The van der Waals surface area contributed by atoms with Crippen LogP contribution in [0, 0.1) is 0 Å². The summed E-state index contributed by atoms with van der Waals surface area (Å²) in [5.74, 6) is 0.809. The van der Waals surface area contributed by atoms with Crippen LogP contribution in [0.1, 0.15) is 43.6 Å². The van der Waals surface area contributed by atoms with Crippen LogP contribution in [-0.4, -0.2) is 68.4 Å². The van der Waals surface area contributed by atoms with E-state index in [1.165, 1.54) is 0 Å². The Hall–Kier alpha value is -2.12. The second kappa shape index (κ2) is 11.0. The van der Waals surface area contributed by atoms with Crippen LogP contribution in [0.5, 0.6) is 0 Å². The number of amides is 1. The molecule has 7 nitrogen and oxygen atoms in total. The molecule has 3 unspecified atom stereocenters. The largest absolute Gasteiger partial charge is 0.383 e. The standard InChI is InChI=1S/C21H34N4O3/c1-6-22-21(24-15(2)14-27-5)23-11-18-7-9-19(10-8-18)20(26)25-12-16(3)28-17(4)13-25/h7-10,15-17H,6,11-14H2,1-5H3,(H2,22,23,24). The number of methoxy groups -OCH3 is 1. The van der Waals surface area contributed by atoms with Crippen molar-refractivity contribution < 1.29 is 14.3 Å². The minimum atomic E-state index is 0.0560. The topological polar surface area (TPSA) is 75.2 Å². The van der Waals surface area contributed by atoms with E-state index in [1.807, 2.05) is 56.9 Å². The van der Waals surface area contributed by atoms with Crippen LogP contribution in [0.4, 0.5) is 0 Å². The molecule has 0 saturated carbocycles. The Morgan fingerprint density at radius 2 is 1.93 bits per heavy atom. The van der Waals surface area contributed by atoms with Crippen molar-refractivity contribution in [3.05, 3.63) is 35.4 Å². The van der Waals surface area contributed by atoms with Gasteiger partial charge in [-0.3, -0.25) is 4.79 Å². The third kappa shape index (κ3) is 6.80. The molecule has 0 spiro atoms. The lowest BCUT2D eigenvalue weighted by Crippen LogP contribution is -2.48. The van der Waals surface area contributed by atoms with Gasteiger partial charge in [0.2, 0.25) is 0 Å². The lowest BCUT2D eigenvalue weighted by Gasteiger charge is -2.35. The van der Waals surface area contributed by atoms with Crippen LogP contribution in [0.3, 0.4) is 0 Å². The fourth-order valence-electron chi connectivity index (χ4n) is 3.29. The summed E-state index contributed by atoms with van der Waals surface area (Å²) < 4.78 is 10.9. The number of hydrogen-bond donors (Lipinski definition) is 2. The first-order valence-electron chi connectivity index (χ1n) is 10.00. The normalized spacial score (nSPS) is 21.3. The van der Waals surface area contributed by atoms with Crippen LogP contribution < -0.4 is 10.6 Å². The van der Waals surface area contributed by atoms with Crippen molar-refractivity contribution in [3.8, 4) is 0 Å². The average Bonchev–Trinajstić information content (AvgIpc) is 2.65. The number of benzene rings is 1. The highest BCUT2D eigenvalue weighted by Gasteiger charge is 2.26. The number of morpholine rings is 1. The molecular formula is C21H34N4O3. The number of rotatable bonds is 7. The maximum Gasteiger partial charge on any atom is 0.254 e.